The number of aromatic nitrogens is 2. The summed E-state index contributed by atoms with van der Waals surface area (Å²) in [4.78, 5) is 15.1. The van der Waals surface area contributed by atoms with Crippen molar-refractivity contribution in [1.82, 2.24) is 14.7 Å². The van der Waals surface area contributed by atoms with E-state index in [1.807, 2.05) is 49.2 Å². The van der Waals surface area contributed by atoms with Crippen LogP contribution in [0.3, 0.4) is 0 Å². The third-order valence-corrected chi connectivity index (χ3v) is 5.31. The van der Waals surface area contributed by atoms with Crippen molar-refractivity contribution >= 4 is 5.91 Å². The molecule has 0 spiro atoms. The van der Waals surface area contributed by atoms with Gasteiger partial charge in [0.1, 0.15) is 5.54 Å². The van der Waals surface area contributed by atoms with Crippen LogP contribution in [-0.2, 0) is 16.8 Å². The molecular weight excluding hydrogens is 314 g/mol. The van der Waals surface area contributed by atoms with E-state index in [1.54, 1.807) is 10.9 Å². The van der Waals surface area contributed by atoms with E-state index in [4.69, 9.17) is 0 Å². The summed E-state index contributed by atoms with van der Waals surface area (Å²) in [6.07, 6.45) is 6.15. The molecule has 3 rings (SSSR count). The summed E-state index contributed by atoms with van der Waals surface area (Å²) in [5.41, 5.74) is 0.210. The van der Waals surface area contributed by atoms with Crippen LogP contribution >= 0.6 is 0 Å². The number of nitrogens with zero attached hydrogens (tertiary/aromatic N) is 3. The fourth-order valence-electron chi connectivity index (χ4n) is 3.82. The van der Waals surface area contributed by atoms with Gasteiger partial charge in [-0.05, 0) is 44.7 Å². The molecule has 1 aliphatic heterocycles. The average Bonchev–Trinajstić information content (AvgIpc) is 3.17. The third-order valence-electron chi connectivity index (χ3n) is 5.31. The van der Waals surface area contributed by atoms with Crippen LogP contribution in [0.15, 0.2) is 48.8 Å². The number of benzene rings is 1. The molecule has 0 bridgehead atoms. The lowest BCUT2D eigenvalue weighted by atomic mass is 9.75. The van der Waals surface area contributed by atoms with E-state index in [1.165, 1.54) is 5.56 Å². The maximum absolute atomic E-state index is 13.2. The zero-order valence-electron chi connectivity index (χ0n) is 15.1. The maximum Gasteiger partial charge on any atom is 0.249 e. The molecule has 1 amide bonds. The molecule has 1 atom stereocenters. The fourth-order valence-corrected chi connectivity index (χ4v) is 3.82. The molecule has 5 heteroatoms. The fraction of sp³-hybridized carbons (Fsp3) is 0.500. The van der Waals surface area contributed by atoms with Gasteiger partial charge in [0, 0.05) is 30.9 Å². The van der Waals surface area contributed by atoms with Gasteiger partial charge < -0.3 is 10.0 Å². The molecular formula is C20H27N3O2. The first-order chi connectivity index (χ1) is 12.0. The summed E-state index contributed by atoms with van der Waals surface area (Å²) < 4.78 is 1.71. The minimum absolute atomic E-state index is 0.0572. The Morgan fingerprint density at radius 3 is 2.68 bits per heavy atom. The van der Waals surface area contributed by atoms with Crippen LogP contribution in [-0.4, -0.2) is 45.4 Å². The van der Waals surface area contributed by atoms with Crippen molar-refractivity contribution < 1.29 is 9.90 Å². The Labute approximate surface area is 149 Å². The normalized spacial score (nSPS) is 21.3. The number of hydrogen-bond acceptors (Lipinski definition) is 3. The van der Waals surface area contributed by atoms with Crippen molar-refractivity contribution in [2.24, 2.45) is 5.41 Å². The molecule has 1 saturated heterocycles. The Kier molecular flexibility index (Phi) is 4.95. The lowest BCUT2D eigenvalue weighted by Crippen LogP contribution is -2.54. The summed E-state index contributed by atoms with van der Waals surface area (Å²) in [5.74, 6) is 0.0572. The highest BCUT2D eigenvalue weighted by molar-refractivity contribution is 5.83. The highest BCUT2D eigenvalue weighted by Crippen LogP contribution is 2.35. The number of hydrogen-bond donors (Lipinski definition) is 1. The largest absolute Gasteiger partial charge is 0.396 e. The van der Waals surface area contributed by atoms with Gasteiger partial charge in [0.2, 0.25) is 5.91 Å². The van der Waals surface area contributed by atoms with Gasteiger partial charge in [-0.1, -0.05) is 30.3 Å². The predicted octanol–water partition coefficient (Wildman–Crippen LogP) is 2.46. The van der Waals surface area contributed by atoms with Crippen molar-refractivity contribution in [3.05, 3.63) is 54.4 Å². The Balaban J connectivity index is 1.78. The Morgan fingerprint density at radius 1 is 1.28 bits per heavy atom. The predicted molar refractivity (Wildman–Crippen MR) is 97.0 cm³/mol. The smallest absolute Gasteiger partial charge is 0.249 e. The van der Waals surface area contributed by atoms with Gasteiger partial charge in [0.25, 0.3) is 0 Å². The van der Waals surface area contributed by atoms with Crippen molar-refractivity contribution in [1.29, 1.82) is 0 Å². The monoisotopic (exact) mass is 341 g/mol. The molecule has 0 aliphatic carbocycles. The summed E-state index contributed by atoms with van der Waals surface area (Å²) >= 11 is 0. The van der Waals surface area contributed by atoms with E-state index in [-0.39, 0.29) is 17.9 Å². The van der Waals surface area contributed by atoms with Crippen molar-refractivity contribution in [3.63, 3.8) is 0 Å². The summed E-state index contributed by atoms with van der Waals surface area (Å²) in [6.45, 7) is 5.21. The van der Waals surface area contributed by atoms with E-state index < -0.39 is 5.54 Å². The van der Waals surface area contributed by atoms with E-state index >= 15 is 0 Å². The van der Waals surface area contributed by atoms with E-state index in [0.717, 1.165) is 25.8 Å². The van der Waals surface area contributed by atoms with E-state index in [2.05, 4.69) is 17.2 Å². The Hall–Kier alpha value is -2.14. The Morgan fingerprint density at radius 2 is 2.04 bits per heavy atom. The molecule has 1 N–H and O–H groups in total. The minimum Gasteiger partial charge on any atom is -0.396 e. The second kappa shape index (κ2) is 7.00. The summed E-state index contributed by atoms with van der Waals surface area (Å²) in [5, 5.41) is 14.4. The molecule has 1 fully saturated rings. The number of rotatable bonds is 5. The molecule has 0 saturated carbocycles. The van der Waals surface area contributed by atoms with Gasteiger partial charge in [-0.3, -0.25) is 9.48 Å². The number of carbonyl (C=O) groups excluding carboxylic acids is 1. The number of aliphatic hydroxyl groups is 1. The van der Waals surface area contributed by atoms with Gasteiger partial charge in [0.15, 0.2) is 0 Å². The van der Waals surface area contributed by atoms with Crippen LogP contribution in [0.2, 0.25) is 0 Å². The number of amides is 1. The highest BCUT2D eigenvalue weighted by Gasteiger charge is 2.41. The minimum atomic E-state index is -0.727. The van der Waals surface area contributed by atoms with Crippen LogP contribution < -0.4 is 0 Å². The number of piperidine rings is 1. The van der Waals surface area contributed by atoms with E-state index in [0.29, 0.717) is 6.54 Å². The van der Waals surface area contributed by atoms with Crippen molar-refractivity contribution in [2.75, 3.05) is 19.7 Å². The molecule has 2 aromatic rings. The molecule has 1 aromatic carbocycles. The molecule has 5 nitrogen and oxygen atoms in total. The van der Waals surface area contributed by atoms with Gasteiger partial charge in [-0.2, -0.15) is 5.10 Å². The number of likely N-dealkylation sites (tertiary alicyclic amines) is 1. The second-order valence-electron chi connectivity index (χ2n) is 7.66. The SMILES string of the molecule is CC(C)(C(=O)N1CCCC(CO)(Cc2ccccc2)C1)n1cccn1. The molecule has 1 aromatic heterocycles. The Bertz CT molecular complexity index is 697. The first kappa shape index (κ1) is 17.7. The quantitative estimate of drug-likeness (QED) is 0.909. The lowest BCUT2D eigenvalue weighted by molar-refractivity contribution is -0.144. The zero-order chi connectivity index (χ0) is 17.9. The lowest BCUT2D eigenvalue weighted by Gasteiger charge is -2.44. The summed E-state index contributed by atoms with van der Waals surface area (Å²) in [7, 11) is 0. The highest BCUT2D eigenvalue weighted by atomic mass is 16.3. The topological polar surface area (TPSA) is 58.4 Å². The van der Waals surface area contributed by atoms with Crippen molar-refractivity contribution in [3.8, 4) is 0 Å². The molecule has 134 valence electrons. The number of aliphatic hydroxyl groups excluding tert-OH is 1. The van der Waals surface area contributed by atoms with Gasteiger partial charge >= 0.3 is 0 Å². The third kappa shape index (κ3) is 3.61. The van der Waals surface area contributed by atoms with Crippen LogP contribution in [0.4, 0.5) is 0 Å². The van der Waals surface area contributed by atoms with Crippen molar-refractivity contribution in [2.45, 2.75) is 38.6 Å². The number of carbonyl (C=O) groups is 1. The molecule has 25 heavy (non-hydrogen) atoms. The second-order valence-corrected chi connectivity index (χ2v) is 7.66. The molecule has 2 heterocycles. The first-order valence-corrected chi connectivity index (χ1v) is 8.91. The standard InChI is InChI=1S/C20H27N3O2/c1-19(2,23-13-7-11-21-23)18(25)22-12-6-10-20(15-22,16-24)14-17-8-4-3-5-9-17/h3-5,7-9,11,13,24H,6,10,12,14-16H2,1-2H3. The molecule has 1 aliphatic rings. The average molecular weight is 341 g/mol. The van der Waals surface area contributed by atoms with Crippen LogP contribution in [0.25, 0.3) is 0 Å². The van der Waals surface area contributed by atoms with Crippen LogP contribution in [0, 0.1) is 5.41 Å². The van der Waals surface area contributed by atoms with Gasteiger partial charge in [-0.25, -0.2) is 0 Å². The summed E-state index contributed by atoms with van der Waals surface area (Å²) in [6, 6.07) is 12.1. The molecule has 1 unspecified atom stereocenters. The molecule has 0 radical (unpaired) electrons. The van der Waals surface area contributed by atoms with Crippen LogP contribution in [0.5, 0.6) is 0 Å². The maximum atomic E-state index is 13.2. The first-order valence-electron chi connectivity index (χ1n) is 8.91. The van der Waals surface area contributed by atoms with Crippen LogP contribution in [0.1, 0.15) is 32.3 Å². The van der Waals surface area contributed by atoms with Gasteiger partial charge in [0.05, 0.1) is 6.61 Å². The zero-order valence-corrected chi connectivity index (χ0v) is 15.1. The van der Waals surface area contributed by atoms with E-state index in [9.17, 15) is 9.90 Å². The van der Waals surface area contributed by atoms with Gasteiger partial charge in [-0.15, -0.1) is 0 Å².